The van der Waals surface area contributed by atoms with Gasteiger partial charge in [-0.05, 0) is 26.7 Å². The SMILES string of the molecule is Cc1ncc(C(=O)N2CCC[C@H](c3cnccn3)C2)c(C)n1. The number of carbonyl (C=O) groups is 1. The lowest BCUT2D eigenvalue weighted by molar-refractivity contribution is 0.0704. The Hall–Kier alpha value is -2.37. The zero-order chi connectivity index (χ0) is 15.5. The van der Waals surface area contributed by atoms with E-state index in [1.165, 1.54) is 0 Å². The average molecular weight is 297 g/mol. The van der Waals surface area contributed by atoms with Gasteiger partial charge in [-0.2, -0.15) is 0 Å². The van der Waals surface area contributed by atoms with E-state index in [1.807, 2.05) is 18.7 Å². The Balaban J connectivity index is 1.78. The fourth-order valence-electron chi connectivity index (χ4n) is 2.89. The number of aromatic nitrogens is 4. The minimum atomic E-state index is 0.00564. The second-order valence-corrected chi connectivity index (χ2v) is 5.64. The van der Waals surface area contributed by atoms with Gasteiger partial charge in [-0.15, -0.1) is 0 Å². The van der Waals surface area contributed by atoms with Crippen molar-refractivity contribution in [3.63, 3.8) is 0 Å². The molecule has 0 N–H and O–H groups in total. The predicted octanol–water partition coefficient (Wildman–Crippen LogP) is 1.90. The molecule has 1 aliphatic heterocycles. The molecule has 0 aromatic carbocycles. The van der Waals surface area contributed by atoms with Gasteiger partial charge in [0.15, 0.2) is 0 Å². The Morgan fingerprint density at radius 1 is 1.23 bits per heavy atom. The molecular formula is C16H19N5O. The lowest BCUT2D eigenvalue weighted by Gasteiger charge is -2.32. The minimum Gasteiger partial charge on any atom is -0.338 e. The summed E-state index contributed by atoms with van der Waals surface area (Å²) >= 11 is 0. The molecule has 0 bridgehead atoms. The monoisotopic (exact) mass is 297 g/mol. The number of nitrogens with zero attached hydrogens (tertiary/aromatic N) is 5. The van der Waals surface area contributed by atoms with Crippen molar-refractivity contribution in [2.75, 3.05) is 13.1 Å². The summed E-state index contributed by atoms with van der Waals surface area (Å²) in [5.41, 5.74) is 2.28. The van der Waals surface area contributed by atoms with Crippen LogP contribution in [0.4, 0.5) is 0 Å². The Morgan fingerprint density at radius 3 is 2.82 bits per heavy atom. The van der Waals surface area contributed by atoms with E-state index in [2.05, 4.69) is 19.9 Å². The molecule has 0 saturated carbocycles. The van der Waals surface area contributed by atoms with Gasteiger partial charge in [0.05, 0.1) is 17.0 Å². The number of rotatable bonds is 2. The molecule has 6 nitrogen and oxygen atoms in total. The minimum absolute atomic E-state index is 0.00564. The fourth-order valence-corrected chi connectivity index (χ4v) is 2.89. The van der Waals surface area contributed by atoms with Crippen LogP contribution in [0.2, 0.25) is 0 Å². The second-order valence-electron chi connectivity index (χ2n) is 5.64. The van der Waals surface area contributed by atoms with Gasteiger partial charge in [-0.25, -0.2) is 9.97 Å². The van der Waals surface area contributed by atoms with Crippen molar-refractivity contribution in [3.8, 4) is 0 Å². The molecular weight excluding hydrogens is 278 g/mol. The molecule has 0 spiro atoms. The lowest BCUT2D eigenvalue weighted by atomic mass is 9.94. The van der Waals surface area contributed by atoms with Crippen molar-refractivity contribution in [1.29, 1.82) is 0 Å². The van der Waals surface area contributed by atoms with Crippen LogP contribution in [0.1, 0.15) is 46.3 Å². The molecule has 1 fully saturated rings. The first kappa shape index (κ1) is 14.6. The maximum atomic E-state index is 12.7. The summed E-state index contributed by atoms with van der Waals surface area (Å²) in [6.45, 7) is 5.12. The highest BCUT2D eigenvalue weighted by Gasteiger charge is 2.27. The number of hydrogen-bond acceptors (Lipinski definition) is 5. The quantitative estimate of drug-likeness (QED) is 0.846. The molecule has 0 radical (unpaired) electrons. The number of amides is 1. The Labute approximate surface area is 129 Å². The first-order chi connectivity index (χ1) is 10.6. The van der Waals surface area contributed by atoms with Crippen molar-refractivity contribution in [2.45, 2.75) is 32.6 Å². The first-order valence-corrected chi connectivity index (χ1v) is 7.50. The van der Waals surface area contributed by atoms with Crippen molar-refractivity contribution >= 4 is 5.91 Å². The highest BCUT2D eigenvalue weighted by molar-refractivity contribution is 5.95. The molecule has 1 atom stereocenters. The highest BCUT2D eigenvalue weighted by atomic mass is 16.2. The van der Waals surface area contributed by atoms with E-state index in [1.54, 1.807) is 24.8 Å². The van der Waals surface area contributed by atoms with Gasteiger partial charge in [-0.1, -0.05) is 0 Å². The largest absolute Gasteiger partial charge is 0.338 e. The second kappa shape index (κ2) is 6.17. The summed E-state index contributed by atoms with van der Waals surface area (Å²) in [6, 6.07) is 0. The van der Waals surface area contributed by atoms with E-state index in [0.29, 0.717) is 17.9 Å². The number of carbonyl (C=O) groups excluding carboxylic acids is 1. The van der Waals surface area contributed by atoms with E-state index in [9.17, 15) is 4.79 Å². The van der Waals surface area contributed by atoms with Gasteiger partial charge < -0.3 is 4.90 Å². The van der Waals surface area contributed by atoms with Gasteiger partial charge in [0, 0.05) is 43.8 Å². The summed E-state index contributed by atoms with van der Waals surface area (Å²) in [5.74, 6) is 0.939. The van der Waals surface area contributed by atoms with Crippen LogP contribution in [-0.2, 0) is 0 Å². The first-order valence-electron chi connectivity index (χ1n) is 7.50. The van der Waals surface area contributed by atoms with Gasteiger partial charge in [0.25, 0.3) is 5.91 Å². The van der Waals surface area contributed by atoms with Crippen molar-refractivity contribution in [1.82, 2.24) is 24.8 Å². The van der Waals surface area contributed by atoms with Gasteiger partial charge in [-0.3, -0.25) is 14.8 Å². The van der Waals surface area contributed by atoms with E-state index < -0.39 is 0 Å². The Kier molecular flexibility index (Phi) is 4.09. The third kappa shape index (κ3) is 2.95. The van der Waals surface area contributed by atoms with Crippen molar-refractivity contribution in [3.05, 3.63) is 47.6 Å². The number of piperidine rings is 1. The summed E-state index contributed by atoms with van der Waals surface area (Å²) < 4.78 is 0. The van der Waals surface area contributed by atoms with Gasteiger partial charge in [0.2, 0.25) is 0 Å². The number of aryl methyl sites for hydroxylation is 2. The van der Waals surface area contributed by atoms with E-state index in [4.69, 9.17) is 0 Å². The summed E-state index contributed by atoms with van der Waals surface area (Å²) in [5, 5.41) is 0. The fraction of sp³-hybridized carbons (Fsp3) is 0.438. The average Bonchev–Trinajstić information content (AvgIpc) is 2.55. The zero-order valence-electron chi connectivity index (χ0n) is 12.9. The van der Waals surface area contributed by atoms with Crippen LogP contribution in [0.15, 0.2) is 24.8 Å². The molecule has 0 unspecified atom stereocenters. The summed E-state index contributed by atoms with van der Waals surface area (Å²) in [6.07, 6.45) is 8.80. The molecule has 2 aromatic heterocycles. The molecule has 1 saturated heterocycles. The third-order valence-electron chi connectivity index (χ3n) is 4.04. The predicted molar refractivity (Wildman–Crippen MR) is 81.4 cm³/mol. The van der Waals surface area contributed by atoms with E-state index in [-0.39, 0.29) is 11.8 Å². The lowest BCUT2D eigenvalue weighted by Crippen LogP contribution is -2.39. The maximum Gasteiger partial charge on any atom is 0.257 e. The van der Waals surface area contributed by atoms with E-state index >= 15 is 0 Å². The van der Waals surface area contributed by atoms with Crippen LogP contribution in [0.5, 0.6) is 0 Å². The third-order valence-corrected chi connectivity index (χ3v) is 4.04. The number of likely N-dealkylation sites (tertiary alicyclic amines) is 1. The van der Waals surface area contributed by atoms with Gasteiger partial charge >= 0.3 is 0 Å². The summed E-state index contributed by atoms with van der Waals surface area (Å²) in [7, 11) is 0. The molecule has 6 heteroatoms. The molecule has 114 valence electrons. The van der Waals surface area contributed by atoms with Crippen LogP contribution in [-0.4, -0.2) is 43.8 Å². The molecule has 1 aliphatic rings. The molecule has 1 amide bonds. The van der Waals surface area contributed by atoms with Gasteiger partial charge in [0.1, 0.15) is 5.82 Å². The van der Waals surface area contributed by atoms with Crippen LogP contribution in [0.3, 0.4) is 0 Å². The van der Waals surface area contributed by atoms with Crippen molar-refractivity contribution in [2.24, 2.45) is 0 Å². The number of hydrogen-bond donors (Lipinski definition) is 0. The van der Waals surface area contributed by atoms with Crippen LogP contribution >= 0.6 is 0 Å². The standard InChI is InChI=1S/C16H19N5O/c1-11-14(8-19-12(2)20-11)16(22)21-7-3-4-13(10-21)15-9-17-5-6-18-15/h5-6,8-9,13H,3-4,7,10H2,1-2H3/t13-/m0/s1. The van der Waals surface area contributed by atoms with Crippen LogP contribution in [0.25, 0.3) is 0 Å². The normalized spacial score (nSPS) is 18.3. The Bertz CT molecular complexity index is 673. The molecule has 22 heavy (non-hydrogen) atoms. The topological polar surface area (TPSA) is 71.9 Å². The van der Waals surface area contributed by atoms with Crippen LogP contribution < -0.4 is 0 Å². The smallest absolute Gasteiger partial charge is 0.257 e. The van der Waals surface area contributed by atoms with E-state index in [0.717, 1.165) is 30.8 Å². The molecule has 0 aliphatic carbocycles. The molecule has 3 rings (SSSR count). The summed E-state index contributed by atoms with van der Waals surface area (Å²) in [4.78, 5) is 31.5. The highest BCUT2D eigenvalue weighted by Crippen LogP contribution is 2.26. The molecule has 2 aromatic rings. The van der Waals surface area contributed by atoms with Crippen molar-refractivity contribution < 1.29 is 4.79 Å². The zero-order valence-corrected chi connectivity index (χ0v) is 12.9. The Morgan fingerprint density at radius 2 is 2.09 bits per heavy atom. The van der Waals surface area contributed by atoms with Crippen LogP contribution in [0, 0.1) is 13.8 Å². The maximum absolute atomic E-state index is 12.7. The molecule has 3 heterocycles.